The van der Waals surface area contributed by atoms with Gasteiger partial charge in [-0.05, 0) is 55.2 Å². The molecular weight excluding hydrogens is 443 g/mol. The molecule has 2 amide bonds. The largest absolute Gasteiger partial charge is 0.468 e. The Labute approximate surface area is 199 Å². The maximum absolute atomic E-state index is 13.2. The molecule has 8 heteroatoms. The first-order valence-electron chi connectivity index (χ1n) is 11.3. The van der Waals surface area contributed by atoms with Gasteiger partial charge in [0.1, 0.15) is 17.6 Å². The Kier molecular flexibility index (Phi) is 11.2. The monoisotopic (exact) mass is 476 g/mol. The molecule has 0 bridgehead atoms. The lowest BCUT2D eigenvalue weighted by atomic mass is 10.0. The van der Waals surface area contributed by atoms with E-state index in [9.17, 15) is 18.8 Å². The minimum Gasteiger partial charge on any atom is -0.468 e. The van der Waals surface area contributed by atoms with Gasteiger partial charge in [-0.3, -0.25) is 14.4 Å². The van der Waals surface area contributed by atoms with Crippen molar-refractivity contribution in [1.82, 2.24) is 10.6 Å². The van der Waals surface area contributed by atoms with Gasteiger partial charge in [0.25, 0.3) is 5.91 Å². The second-order valence-corrected chi connectivity index (χ2v) is 9.39. The molecule has 0 saturated heterocycles. The number of halogens is 1. The Hall–Kier alpha value is -2.61. The number of rotatable bonds is 14. The molecule has 6 nitrogen and oxygen atoms in total. The van der Waals surface area contributed by atoms with Crippen molar-refractivity contribution in [2.45, 2.75) is 64.3 Å². The molecule has 0 aliphatic carbocycles. The molecule has 0 spiro atoms. The van der Waals surface area contributed by atoms with Gasteiger partial charge in [0.05, 0.1) is 23.8 Å². The number of thioether (sulfide) groups is 1. The van der Waals surface area contributed by atoms with Crippen LogP contribution in [0.3, 0.4) is 0 Å². The lowest BCUT2D eigenvalue weighted by Gasteiger charge is -2.24. The summed E-state index contributed by atoms with van der Waals surface area (Å²) in [6, 6.07) is 7.40. The lowest BCUT2D eigenvalue weighted by Crippen LogP contribution is -2.52. The number of unbranched alkanes of at least 4 members (excludes halogenated alkanes) is 1. The number of nitrogens with one attached hydrogen (secondary N) is 2. The number of amides is 2. The van der Waals surface area contributed by atoms with Crippen LogP contribution >= 0.6 is 11.8 Å². The highest BCUT2D eigenvalue weighted by Crippen LogP contribution is 2.15. The highest BCUT2D eigenvalue weighted by Gasteiger charge is 2.27. The van der Waals surface area contributed by atoms with Crippen molar-refractivity contribution in [2.75, 3.05) is 5.75 Å². The molecular formula is C25H33FN2O4S. The van der Waals surface area contributed by atoms with E-state index in [1.165, 1.54) is 36.0 Å². The van der Waals surface area contributed by atoms with Gasteiger partial charge in [-0.2, -0.15) is 0 Å². The topological polar surface area (TPSA) is 88.4 Å². The summed E-state index contributed by atoms with van der Waals surface area (Å²) >= 11 is 1.44. The molecule has 0 aliphatic heterocycles. The van der Waals surface area contributed by atoms with E-state index in [2.05, 4.69) is 10.6 Å². The van der Waals surface area contributed by atoms with Gasteiger partial charge in [-0.25, -0.2) is 4.39 Å². The summed E-state index contributed by atoms with van der Waals surface area (Å²) in [4.78, 5) is 38.5. The van der Waals surface area contributed by atoms with Crippen LogP contribution in [-0.2, 0) is 15.3 Å². The Morgan fingerprint density at radius 3 is 2.39 bits per heavy atom. The van der Waals surface area contributed by atoms with Crippen molar-refractivity contribution in [2.24, 2.45) is 5.92 Å². The van der Waals surface area contributed by atoms with E-state index in [1.807, 2.05) is 26.8 Å². The summed E-state index contributed by atoms with van der Waals surface area (Å²) in [6.07, 6.45) is 4.26. The molecule has 2 atom stereocenters. The van der Waals surface area contributed by atoms with E-state index in [0.29, 0.717) is 18.6 Å². The van der Waals surface area contributed by atoms with Crippen molar-refractivity contribution < 1.29 is 23.2 Å². The molecule has 0 aliphatic rings. The molecule has 0 fully saturated rings. The number of hydrogen-bond donors (Lipinski definition) is 2. The third kappa shape index (κ3) is 9.42. The number of Topliss-reactive ketones (excluding diaryl/α,β-unsaturated/α-hetero) is 1. The molecule has 180 valence electrons. The molecule has 2 aromatic rings. The minimum absolute atomic E-state index is 0.0542. The third-order valence-corrected chi connectivity index (χ3v) is 6.03. The van der Waals surface area contributed by atoms with Crippen molar-refractivity contribution in [3.63, 3.8) is 0 Å². The number of carbonyl (C=O) groups is 3. The average molecular weight is 477 g/mol. The van der Waals surface area contributed by atoms with E-state index >= 15 is 0 Å². The van der Waals surface area contributed by atoms with Crippen LogP contribution in [0, 0.1) is 11.7 Å². The van der Waals surface area contributed by atoms with Crippen LogP contribution in [-0.4, -0.2) is 35.4 Å². The summed E-state index contributed by atoms with van der Waals surface area (Å²) in [7, 11) is 0. The van der Waals surface area contributed by atoms with Gasteiger partial charge in [0, 0.05) is 5.56 Å². The zero-order valence-electron chi connectivity index (χ0n) is 19.4. The van der Waals surface area contributed by atoms with Crippen LogP contribution < -0.4 is 10.6 Å². The van der Waals surface area contributed by atoms with Crippen LogP contribution in [0.2, 0.25) is 0 Å². The summed E-state index contributed by atoms with van der Waals surface area (Å²) < 4.78 is 18.5. The van der Waals surface area contributed by atoms with Gasteiger partial charge in [-0.1, -0.05) is 33.6 Å². The van der Waals surface area contributed by atoms with E-state index in [4.69, 9.17) is 4.42 Å². The molecule has 1 aromatic heterocycles. The van der Waals surface area contributed by atoms with Crippen LogP contribution in [0.1, 0.15) is 62.6 Å². The van der Waals surface area contributed by atoms with Gasteiger partial charge < -0.3 is 15.1 Å². The Bertz CT molecular complexity index is 884. The van der Waals surface area contributed by atoms with Crippen molar-refractivity contribution in [3.05, 3.63) is 59.8 Å². The Morgan fingerprint density at radius 2 is 1.79 bits per heavy atom. The van der Waals surface area contributed by atoms with E-state index in [-0.39, 0.29) is 28.9 Å². The van der Waals surface area contributed by atoms with Gasteiger partial charge in [0.15, 0.2) is 5.78 Å². The zero-order valence-corrected chi connectivity index (χ0v) is 20.3. The SMILES string of the molecule is CCCC[C@H](NC(=O)[C@H](CC(C)C)NC(=O)c1ccc(F)cc1)C(=O)CSCc1ccco1. The molecule has 0 saturated carbocycles. The molecule has 2 N–H and O–H groups in total. The maximum Gasteiger partial charge on any atom is 0.251 e. The molecule has 0 radical (unpaired) electrons. The van der Waals surface area contributed by atoms with Crippen molar-refractivity contribution in [1.29, 1.82) is 0 Å². The Morgan fingerprint density at radius 1 is 1.06 bits per heavy atom. The fourth-order valence-electron chi connectivity index (χ4n) is 3.29. The summed E-state index contributed by atoms with van der Waals surface area (Å²) in [5, 5.41) is 5.61. The standard InChI is InChI=1S/C25H33FN2O4S/c1-4-5-8-21(23(29)16-33-15-20-7-6-13-32-20)27-25(31)22(14-17(2)3)28-24(30)18-9-11-19(26)12-10-18/h6-7,9-13,17,21-22H,4-5,8,14-16H2,1-3H3,(H,27,31)(H,28,30)/t21-,22-/m0/s1. The van der Waals surface area contributed by atoms with Crippen LogP contribution in [0.4, 0.5) is 4.39 Å². The number of benzene rings is 1. The predicted octanol–water partition coefficient (Wildman–Crippen LogP) is 4.74. The average Bonchev–Trinajstić information content (AvgIpc) is 3.29. The highest BCUT2D eigenvalue weighted by atomic mass is 32.2. The molecule has 0 unspecified atom stereocenters. The summed E-state index contributed by atoms with van der Waals surface area (Å²) in [5.41, 5.74) is 0.269. The van der Waals surface area contributed by atoms with Crippen LogP contribution in [0.25, 0.3) is 0 Å². The van der Waals surface area contributed by atoms with Gasteiger partial charge in [0.2, 0.25) is 5.91 Å². The summed E-state index contributed by atoms with van der Waals surface area (Å²) in [6.45, 7) is 5.93. The molecule has 1 aromatic carbocycles. The second kappa shape index (κ2) is 13.8. The Balaban J connectivity index is 2.01. The third-order valence-electron chi connectivity index (χ3n) is 5.06. The zero-order chi connectivity index (χ0) is 24.2. The second-order valence-electron chi connectivity index (χ2n) is 8.40. The van der Waals surface area contributed by atoms with Gasteiger partial charge in [-0.15, -0.1) is 11.8 Å². The number of hydrogen-bond acceptors (Lipinski definition) is 5. The first-order chi connectivity index (χ1) is 15.8. The van der Waals surface area contributed by atoms with Crippen LogP contribution in [0.5, 0.6) is 0 Å². The van der Waals surface area contributed by atoms with Crippen molar-refractivity contribution >= 4 is 29.4 Å². The molecule has 33 heavy (non-hydrogen) atoms. The normalized spacial score (nSPS) is 12.9. The minimum atomic E-state index is -0.796. The fourth-order valence-corrected chi connectivity index (χ4v) is 4.16. The number of ketones is 1. The first kappa shape index (κ1) is 26.6. The fraction of sp³-hybridized carbons (Fsp3) is 0.480. The van der Waals surface area contributed by atoms with Gasteiger partial charge >= 0.3 is 0 Å². The predicted molar refractivity (Wildman–Crippen MR) is 128 cm³/mol. The van der Waals surface area contributed by atoms with E-state index in [1.54, 1.807) is 12.3 Å². The maximum atomic E-state index is 13.2. The van der Waals surface area contributed by atoms with Crippen molar-refractivity contribution in [3.8, 4) is 0 Å². The summed E-state index contributed by atoms with van der Waals surface area (Å²) in [5.74, 6) is 0.436. The van der Waals surface area contributed by atoms with E-state index in [0.717, 1.165) is 18.6 Å². The quantitative estimate of drug-likeness (QED) is 0.411. The molecule has 2 rings (SSSR count). The number of carbonyl (C=O) groups excluding carboxylic acids is 3. The number of furan rings is 1. The first-order valence-corrected chi connectivity index (χ1v) is 12.4. The van der Waals surface area contributed by atoms with Crippen LogP contribution in [0.15, 0.2) is 47.1 Å². The van der Waals surface area contributed by atoms with E-state index < -0.39 is 23.8 Å². The smallest absolute Gasteiger partial charge is 0.251 e. The molecule has 1 heterocycles. The lowest BCUT2D eigenvalue weighted by molar-refractivity contribution is -0.128. The highest BCUT2D eigenvalue weighted by molar-refractivity contribution is 7.99.